The third-order valence-electron chi connectivity index (χ3n) is 5.50. The molecule has 3 aromatic carbocycles. The summed E-state index contributed by atoms with van der Waals surface area (Å²) in [5, 5.41) is 4.46. The molecule has 1 aliphatic heterocycles. The molecule has 0 fully saturated rings. The van der Waals surface area contributed by atoms with Gasteiger partial charge in [0.2, 0.25) is 0 Å². The highest BCUT2D eigenvalue weighted by atomic mass is 35.5. The lowest BCUT2D eigenvalue weighted by Gasteiger charge is -2.10. The molecule has 0 unspecified atom stereocenters. The van der Waals surface area contributed by atoms with Crippen molar-refractivity contribution in [3.8, 4) is 11.1 Å². The van der Waals surface area contributed by atoms with Crippen molar-refractivity contribution in [3.05, 3.63) is 70.8 Å². The fourth-order valence-electron chi connectivity index (χ4n) is 4.31. The minimum absolute atomic E-state index is 0.339. The van der Waals surface area contributed by atoms with Crippen molar-refractivity contribution in [2.45, 2.75) is 0 Å². The second-order valence-corrected chi connectivity index (χ2v) is 7.51. The predicted octanol–water partition coefficient (Wildman–Crippen LogP) is 4.76. The normalized spacial score (nSPS) is 13.2. The van der Waals surface area contributed by atoms with Crippen LogP contribution in [0.1, 0.15) is 26.3 Å². The lowest BCUT2D eigenvalue weighted by atomic mass is 9.92. The van der Waals surface area contributed by atoms with Crippen LogP contribution < -0.4 is 11.1 Å². The van der Waals surface area contributed by atoms with Crippen LogP contribution in [0.4, 0.5) is 5.69 Å². The zero-order chi connectivity index (χ0) is 20.4. The largest absolute Gasteiger partial charge is 0.399 e. The number of halogens is 1. The van der Waals surface area contributed by atoms with E-state index in [-0.39, 0.29) is 0 Å². The van der Waals surface area contributed by atoms with Gasteiger partial charge in [0.05, 0.1) is 22.2 Å². The molecule has 0 saturated carbocycles. The van der Waals surface area contributed by atoms with Gasteiger partial charge in [0.1, 0.15) is 0 Å². The van der Waals surface area contributed by atoms with Gasteiger partial charge in [-0.2, -0.15) is 0 Å². The Morgan fingerprint density at radius 2 is 1.79 bits per heavy atom. The van der Waals surface area contributed by atoms with E-state index in [1.54, 1.807) is 12.1 Å². The smallest absolute Gasteiger partial charge is 0.259 e. The molecule has 0 spiro atoms. The average Bonchev–Trinajstić information content (AvgIpc) is 3.15. The van der Waals surface area contributed by atoms with Crippen molar-refractivity contribution < 1.29 is 9.59 Å². The molecule has 1 aromatic heterocycles. The number of amides is 2. The van der Waals surface area contributed by atoms with Gasteiger partial charge >= 0.3 is 0 Å². The molecular weight excluding hydrogens is 386 g/mol. The number of benzene rings is 3. The predicted molar refractivity (Wildman–Crippen MR) is 117 cm³/mol. The second-order valence-electron chi connectivity index (χ2n) is 7.10. The van der Waals surface area contributed by atoms with E-state index < -0.39 is 11.8 Å². The van der Waals surface area contributed by atoms with Crippen molar-refractivity contribution in [3.63, 3.8) is 0 Å². The van der Waals surface area contributed by atoms with Crippen LogP contribution in [0.2, 0.25) is 5.02 Å². The number of nitrogens with zero attached hydrogens (tertiary/aromatic N) is 1. The maximum atomic E-state index is 12.8. The molecule has 0 aliphatic carbocycles. The Morgan fingerprint density at radius 3 is 2.52 bits per heavy atom. The third kappa shape index (κ3) is 2.28. The summed E-state index contributed by atoms with van der Waals surface area (Å²) in [5.41, 5.74) is 11.3. The Morgan fingerprint density at radius 1 is 1.07 bits per heavy atom. The van der Waals surface area contributed by atoms with E-state index in [4.69, 9.17) is 17.3 Å². The molecule has 142 valence electrons. The number of hydrogen-bond donors (Lipinski definition) is 2. The summed E-state index contributed by atoms with van der Waals surface area (Å²) < 4.78 is 2.00. The Bertz CT molecular complexity index is 1420. The molecule has 2 heterocycles. The maximum Gasteiger partial charge on any atom is 0.259 e. The number of hydrogen-bond acceptors (Lipinski definition) is 3. The number of aromatic nitrogens is 1. The summed E-state index contributed by atoms with van der Waals surface area (Å²) >= 11 is 6.43. The number of nitrogens with one attached hydrogen (secondary N) is 1. The summed E-state index contributed by atoms with van der Waals surface area (Å²) in [6, 6.07) is 12.9. The van der Waals surface area contributed by atoms with Crippen LogP contribution in [0.25, 0.3) is 39.0 Å². The highest BCUT2D eigenvalue weighted by Gasteiger charge is 2.34. The van der Waals surface area contributed by atoms with Gasteiger partial charge in [-0.1, -0.05) is 42.5 Å². The minimum Gasteiger partial charge on any atom is -0.399 e. The molecule has 5 nitrogen and oxygen atoms in total. The molecular formula is C23H16ClN3O2. The van der Waals surface area contributed by atoms with Crippen LogP contribution in [0.15, 0.2) is 49.0 Å². The summed E-state index contributed by atoms with van der Waals surface area (Å²) in [5.74, 6) is -0.842. The number of fused-ring (bicyclic) bond motifs is 5. The molecule has 5 rings (SSSR count). The molecule has 1 aliphatic rings. The molecule has 0 saturated heterocycles. The maximum absolute atomic E-state index is 12.8. The van der Waals surface area contributed by atoms with Gasteiger partial charge in [-0.3, -0.25) is 14.9 Å². The Hall–Kier alpha value is -3.57. The monoisotopic (exact) mass is 401 g/mol. The third-order valence-corrected chi connectivity index (χ3v) is 5.83. The van der Waals surface area contributed by atoms with E-state index >= 15 is 0 Å². The van der Waals surface area contributed by atoms with Gasteiger partial charge < -0.3 is 10.3 Å². The van der Waals surface area contributed by atoms with Crippen LogP contribution >= 0.6 is 11.6 Å². The lowest BCUT2D eigenvalue weighted by Crippen LogP contribution is -2.20. The number of carbonyl (C=O) groups is 2. The van der Waals surface area contributed by atoms with Gasteiger partial charge in [-0.05, 0) is 29.8 Å². The summed E-state index contributed by atoms with van der Waals surface area (Å²) in [6.45, 7) is 3.89. The first-order valence-electron chi connectivity index (χ1n) is 9.04. The first-order chi connectivity index (χ1) is 13.9. The van der Waals surface area contributed by atoms with Gasteiger partial charge in [0, 0.05) is 39.7 Å². The fourth-order valence-corrected chi connectivity index (χ4v) is 4.55. The summed E-state index contributed by atoms with van der Waals surface area (Å²) in [6.07, 6.45) is 1.73. The van der Waals surface area contributed by atoms with E-state index in [9.17, 15) is 9.59 Å². The minimum atomic E-state index is -0.424. The van der Waals surface area contributed by atoms with Crippen LogP contribution in [0.5, 0.6) is 0 Å². The highest BCUT2D eigenvalue weighted by molar-refractivity contribution is 6.36. The Balaban J connectivity index is 2.06. The molecule has 6 heteroatoms. The van der Waals surface area contributed by atoms with E-state index in [0.29, 0.717) is 38.4 Å². The number of aryl methyl sites for hydroxylation is 1. The average molecular weight is 402 g/mol. The second kappa shape index (κ2) is 5.96. The molecule has 3 N–H and O–H groups in total. The SMILES string of the molecule is C=Cc1cc(N)cc2c3c4c(c(-c5ccccc5Cl)cc3n(C)c12)C(=O)NC4=O. The molecule has 4 aromatic rings. The van der Waals surface area contributed by atoms with Crippen molar-refractivity contribution in [2.75, 3.05) is 5.73 Å². The van der Waals surface area contributed by atoms with Gasteiger partial charge in [-0.15, -0.1) is 0 Å². The number of nitrogens with two attached hydrogens (primary N) is 1. The van der Waals surface area contributed by atoms with Crippen LogP contribution in [-0.2, 0) is 7.05 Å². The van der Waals surface area contributed by atoms with Gasteiger partial charge in [-0.25, -0.2) is 0 Å². The molecule has 2 amide bonds. The number of rotatable bonds is 2. The number of nitrogen functional groups attached to an aromatic ring is 1. The topological polar surface area (TPSA) is 77.1 Å². The number of carbonyl (C=O) groups excluding carboxylic acids is 2. The first kappa shape index (κ1) is 17.5. The molecule has 29 heavy (non-hydrogen) atoms. The van der Waals surface area contributed by atoms with E-state index in [1.807, 2.05) is 48.0 Å². The summed E-state index contributed by atoms with van der Waals surface area (Å²) in [4.78, 5) is 25.6. The number of imide groups is 1. The van der Waals surface area contributed by atoms with Gasteiger partial charge in [0.15, 0.2) is 0 Å². The lowest BCUT2D eigenvalue weighted by molar-refractivity contribution is 0.0880. The number of anilines is 1. The van der Waals surface area contributed by atoms with E-state index in [2.05, 4.69) is 11.9 Å². The van der Waals surface area contributed by atoms with Crippen molar-refractivity contribution >= 4 is 57.0 Å². The summed E-state index contributed by atoms with van der Waals surface area (Å²) in [7, 11) is 1.92. The standard InChI is InChI=1S/C23H16ClN3O2/c1-3-11-8-12(25)9-15-18-17(27(2)21(11)15)10-14(13-6-4-5-7-16(13)24)19-20(18)23(29)26-22(19)28/h3-10H,1,25H2,2H3,(H,26,28,29). The fraction of sp³-hybridized carbons (Fsp3) is 0.0435. The highest BCUT2D eigenvalue weighted by Crippen LogP contribution is 2.42. The quantitative estimate of drug-likeness (QED) is 0.375. The molecule has 0 atom stereocenters. The zero-order valence-electron chi connectivity index (χ0n) is 15.5. The first-order valence-corrected chi connectivity index (χ1v) is 9.41. The van der Waals surface area contributed by atoms with E-state index in [1.165, 1.54) is 0 Å². The van der Waals surface area contributed by atoms with Crippen molar-refractivity contribution in [1.29, 1.82) is 0 Å². The molecule has 0 radical (unpaired) electrons. The van der Waals surface area contributed by atoms with Gasteiger partial charge in [0.25, 0.3) is 11.8 Å². The Labute approximate surface area is 171 Å². The molecule has 0 bridgehead atoms. The zero-order valence-corrected chi connectivity index (χ0v) is 16.3. The van der Waals surface area contributed by atoms with Crippen molar-refractivity contribution in [2.24, 2.45) is 7.05 Å². The van der Waals surface area contributed by atoms with Crippen LogP contribution in [-0.4, -0.2) is 16.4 Å². The van der Waals surface area contributed by atoms with Crippen molar-refractivity contribution in [1.82, 2.24) is 9.88 Å². The Kier molecular flexibility index (Phi) is 3.60. The van der Waals surface area contributed by atoms with Crippen LogP contribution in [0.3, 0.4) is 0 Å². The van der Waals surface area contributed by atoms with E-state index in [0.717, 1.165) is 22.0 Å². The van der Waals surface area contributed by atoms with Crippen LogP contribution in [0, 0.1) is 0 Å².